The number of nitrogens with one attached hydrogen (secondary N) is 1. The summed E-state index contributed by atoms with van der Waals surface area (Å²) in [6, 6.07) is 6.19. The molecule has 0 aliphatic heterocycles. The molecule has 86 valence electrons. The van der Waals surface area contributed by atoms with Gasteiger partial charge in [-0.1, -0.05) is 6.07 Å². The summed E-state index contributed by atoms with van der Waals surface area (Å²) in [7, 11) is 1.59. The summed E-state index contributed by atoms with van der Waals surface area (Å²) in [6.45, 7) is 1.10. The highest BCUT2D eigenvalue weighted by Gasteiger charge is 2.11. The van der Waals surface area contributed by atoms with E-state index in [2.05, 4.69) is 27.3 Å². The van der Waals surface area contributed by atoms with Crippen LogP contribution in [-0.2, 0) is 4.74 Å². The predicted molar refractivity (Wildman–Crippen MR) is 62.3 cm³/mol. The van der Waals surface area contributed by atoms with Gasteiger partial charge in [0, 0.05) is 13.7 Å². The number of nitrogens with zero attached hydrogens (tertiary/aromatic N) is 1. The van der Waals surface area contributed by atoms with Crippen LogP contribution >= 0.6 is 15.9 Å². The second kappa shape index (κ2) is 6.59. The van der Waals surface area contributed by atoms with E-state index in [1.807, 2.05) is 0 Å². The molecule has 0 saturated heterocycles. The monoisotopic (exact) mass is 286 g/mol. The minimum Gasteiger partial charge on any atom is -0.383 e. The van der Waals surface area contributed by atoms with Crippen LogP contribution in [0.2, 0.25) is 0 Å². The highest BCUT2D eigenvalue weighted by atomic mass is 79.9. The van der Waals surface area contributed by atoms with Crippen molar-refractivity contribution < 1.29 is 9.13 Å². The highest BCUT2D eigenvalue weighted by Crippen LogP contribution is 2.20. The summed E-state index contributed by atoms with van der Waals surface area (Å²) in [5.41, 5.74) is 0.729. The van der Waals surface area contributed by atoms with Crippen LogP contribution in [0, 0.1) is 17.1 Å². The van der Waals surface area contributed by atoms with Crippen molar-refractivity contribution in [2.45, 2.75) is 6.04 Å². The minimum atomic E-state index is -0.452. The van der Waals surface area contributed by atoms with E-state index in [0.717, 1.165) is 5.56 Å². The van der Waals surface area contributed by atoms with Gasteiger partial charge in [-0.3, -0.25) is 5.32 Å². The summed E-state index contributed by atoms with van der Waals surface area (Å²) < 4.78 is 18.2. The first-order valence-corrected chi connectivity index (χ1v) is 5.55. The molecule has 16 heavy (non-hydrogen) atoms. The van der Waals surface area contributed by atoms with Crippen molar-refractivity contribution in [3.63, 3.8) is 0 Å². The quantitative estimate of drug-likeness (QED) is 0.846. The maximum Gasteiger partial charge on any atom is 0.137 e. The maximum absolute atomic E-state index is 13.0. The van der Waals surface area contributed by atoms with Gasteiger partial charge in [-0.05, 0) is 33.6 Å². The number of ether oxygens (including phenoxy) is 1. The molecule has 1 aromatic carbocycles. The molecule has 1 rings (SSSR count). The molecule has 0 aliphatic carbocycles. The van der Waals surface area contributed by atoms with Crippen molar-refractivity contribution in [1.82, 2.24) is 5.32 Å². The molecule has 0 fully saturated rings. The molecule has 0 heterocycles. The first-order valence-electron chi connectivity index (χ1n) is 4.76. The van der Waals surface area contributed by atoms with Gasteiger partial charge in [0.2, 0.25) is 0 Å². The lowest BCUT2D eigenvalue weighted by atomic mass is 10.1. The zero-order valence-electron chi connectivity index (χ0n) is 8.84. The van der Waals surface area contributed by atoms with E-state index in [-0.39, 0.29) is 5.82 Å². The third-order valence-corrected chi connectivity index (χ3v) is 2.67. The summed E-state index contributed by atoms with van der Waals surface area (Å²) in [4.78, 5) is 0. The molecule has 0 amide bonds. The van der Waals surface area contributed by atoms with Gasteiger partial charge in [0.1, 0.15) is 11.9 Å². The van der Waals surface area contributed by atoms with Crippen LogP contribution in [0.15, 0.2) is 22.7 Å². The Morgan fingerprint density at radius 1 is 1.62 bits per heavy atom. The van der Waals surface area contributed by atoms with Crippen LogP contribution in [0.5, 0.6) is 0 Å². The van der Waals surface area contributed by atoms with Crippen LogP contribution < -0.4 is 5.32 Å². The standard InChI is InChI=1S/C11H12BrFN2O/c1-16-5-4-15-11(7-14)8-2-3-10(13)9(12)6-8/h2-3,6,11,15H,4-5H2,1H3. The second-order valence-corrected chi connectivity index (χ2v) is 4.04. The lowest BCUT2D eigenvalue weighted by molar-refractivity contribution is 0.198. The molecule has 0 aromatic heterocycles. The van der Waals surface area contributed by atoms with Crippen molar-refractivity contribution in [1.29, 1.82) is 5.26 Å². The van der Waals surface area contributed by atoms with Crippen molar-refractivity contribution in [3.8, 4) is 6.07 Å². The van der Waals surface area contributed by atoms with Gasteiger partial charge in [-0.2, -0.15) is 5.26 Å². The van der Waals surface area contributed by atoms with Crippen LogP contribution in [-0.4, -0.2) is 20.3 Å². The average Bonchev–Trinajstić information content (AvgIpc) is 2.29. The van der Waals surface area contributed by atoms with Crippen LogP contribution in [0.25, 0.3) is 0 Å². The molecule has 1 N–H and O–H groups in total. The number of rotatable bonds is 5. The molecule has 1 atom stereocenters. The van der Waals surface area contributed by atoms with Crippen molar-refractivity contribution in [2.75, 3.05) is 20.3 Å². The summed E-state index contributed by atoms with van der Waals surface area (Å²) >= 11 is 3.09. The van der Waals surface area contributed by atoms with E-state index in [9.17, 15) is 4.39 Å². The third-order valence-electron chi connectivity index (χ3n) is 2.06. The van der Waals surface area contributed by atoms with Crippen molar-refractivity contribution >= 4 is 15.9 Å². The number of hydrogen-bond donors (Lipinski definition) is 1. The maximum atomic E-state index is 13.0. The number of benzene rings is 1. The largest absolute Gasteiger partial charge is 0.383 e. The summed E-state index contributed by atoms with van der Waals surface area (Å²) in [6.07, 6.45) is 0. The van der Waals surface area contributed by atoms with E-state index in [4.69, 9.17) is 10.00 Å². The lowest BCUT2D eigenvalue weighted by Gasteiger charge is -2.11. The predicted octanol–water partition coefficient (Wildman–Crippen LogP) is 2.39. The Hall–Kier alpha value is -0.960. The van der Waals surface area contributed by atoms with E-state index in [1.165, 1.54) is 6.07 Å². The van der Waals surface area contributed by atoms with Gasteiger partial charge in [-0.15, -0.1) is 0 Å². The molecular weight excluding hydrogens is 275 g/mol. The van der Waals surface area contributed by atoms with Gasteiger partial charge in [-0.25, -0.2) is 4.39 Å². The van der Waals surface area contributed by atoms with Crippen LogP contribution in [0.3, 0.4) is 0 Å². The Balaban J connectivity index is 2.72. The highest BCUT2D eigenvalue weighted by molar-refractivity contribution is 9.10. The van der Waals surface area contributed by atoms with E-state index >= 15 is 0 Å². The Kier molecular flexibility index (Phi) is 5.39. The fourth-order valence-electron chi connectivity index (χ4n) is 1.24. The van der Waals surface area contributed by atoms with E-state index in [0.29, 0.717) is 17.6 Å². The molecule has 3 nitrogen and oxygen atoms in total. The zero-order valence-corrected chi connectivity index (χ0v) is 10.4. The number of methoxy groups -OCH3 is 1. The van der Waals surface area contributed by atoms with Gasteiger partial charge in [0.05, 0.1) is 17.1 Å². The third kappa shape index (κ3) is 3.56. The van der Waals surface area contributed by atoms with E-state index in [1.54, 1.807) is 19.2 Å². The normalized spacial score (nSPS) is 12.1. The Morgan fingerprint density at radius 2 is 2.38 bits per heavy atom. The Labute approximate surface area is 102 Å². The molecule has 0 bridgehead atoms. The number of hydrogen-bond acceptors (Lipinski definition) is 3. The minimum absolute atomic E-state index is 0.336. The number of nitriles is 1. The number of halogens is 2. The first-order chi connectivity index (χ1) is 7.69. The van der Waals surface area contributed by atoms with Gasteiger partial charge < -0.3 is 4.74 Å². The zero-order chi connectivity index (χ0) is 12.0. The summed E-state index contributed by atoms with van der Waals surface area (Å²) in [5, 5.41) is 12.0. The molecule has 0 radical (unpaired) electrons. The van der Waals surface area contributed by atoms with Crippen molar-refractivity contribution in [2.24, 2.45) is 0 Å². The summed E-state index contributed by atoms with van der Waals surface area (Å²) in [5.74, 6) is -0.336. The van der Waals surface area contributed by atoms with Crippen molar-refractivity contribution in [3.05, 3.63) is 34.1 Å². The van der Waals surface area contributed by atoms with E-state index < -0.39 is 6.04 Å². The molecular formula is C11H12BrFN2O. The fraction of sp³-hybridized carbons (Fsp3) is 0.364. The second-order valence-electron chi connectivity index (χ2n) is 3.18. The Bertz CT molecular complexity index is 392. The van der Waals surface area contributed by atoms with Gasteiger partial charge in [0.25, 0.3) is 0 Å². The topological polar surface area (TPSA) is 45.0 Å². The van der Waals surface area contributed by atoms with Crippen LogP contribution in [0.1, 0.15) is 11.6 Å². The van der Waals surface area contributed by atoms with Gasteiger partial charge in [0.15, 0.2) is 0 Å². The average molecular weight is 287 g/mol. The first kappa shape index (κ1) is 13.1. The molecule has 5 heteroatoms. The van der Waals surface area contributed by atoms with Gasteiger partial charge >= 0.3 is 0 Å². The van der Waals surface area contributed by atoms with Crippen LogP contribution in [0.4, 0.5) is 4.39 Å². The smallest absolute Gasteiger partial charge is 0.137 e. The molecule has 0 aliphatic rings. The SMILES string of the molecule is COCCNC(C#N)c1ccc(F)c(Br)c1. The fourth-order valence-corrected chi connectivity index (χ4v) is 1.63. The molecule has 0 saturated carbocycles. The Morgan fingerprint density at radius 3 is 2.94 bits per heavy atom. The molecule has 1 aromatic rings. The molecule has 0 spiro atoms. The molecule has 1 unspecified atom stereocenters. The lowest BCUT2D eigenvalue weighted by Crippen LogP contribution is -2.24.